The Labute approximate surface area is 221 Å². The average molecular weight is 527 g/mol. The van der Waals surface area contributed by atoms with Gasteiger partial charge in [0.05, 0.1) is 43.7 Å². The van der Waals surface area contributed by atoms with Crippen molar-refractivity contribution in [1.82, 2.24) is 0 Å². The second-order valence-electron chi connectivity index (χ2n) is 8.73. The Morgan fingerprint density at radius 2 is 0.865 bits per heavy atom. The fourth-order valence-electron chi connectivity index (χ4n) is 4.72. The lowest BCUT2D eigenvalue weighted by Crippen LogP contribution is -2.29. The van der Waals surface area contributed by atoms with Gasteiger partial charge in [0.15, 0.2) is 0 Å². The van der Waals surface area contributed by atoms with Gasteiger partial charge in [-0.3, -0.25) is 19.2 Å². The number of benzene rings is 4. The fourth-order valence-corrected chi connectivity index (χ4v) is 5.23. The molecule has 0 fully saturated rings. The molecule has 6 rings (SSSR count). The van der Waals surface area contributed by atoms with E-state index in [0.717, 1.165) is 20.9 Å². The molecule has 2 aliphatic heterocycles. The third-order valence-corrected chi connectivity index (χ3v) is 7.16. The van der Waals surface area contributed by atoms with Crippen LogP contribution in [-0.4, -0.2) is 23.6 Å². The monoisotopic (exact) mass is 526 g/mol. The number of hydrogen-bond acceptors (Lipinski definition) is 4. The summed E-state index contributed by atoms with van der Waals surface area (Å²) < 4.78 is 0. The summed E-state index contributed by atoms with van der Waals surface area (Å²) in [7, 11) is 0. The van der Waals surface area contributed by atoms with Gasteiger partial charge in [-0.1, -0.05) is 59.6 Å². The van der Waals surface area contributed by atoms with Gasteiger partial charge in [0.2, 0.25) is 0 Å². The van der Waals surface area contributed by atoms with Crippen LogP contribution in [0.3, 0.4) is 0 Å². The van der Waals surface area contributed by atoms with Crippen molar-refractivity contribution in [1.29, 1.82) is 0 Å². The Morgan fingerprint density at radius 1 is 0.486 bits per heavy atom. The summed E-state index contributed by atoms with van der Waals surface area (Å²) in [6.07, 6.45) is 0.572. The molecule has 6 nitrogen and oxygen atoms in total. The number of amides is 4. The first-order valence-corrected chi connectivity index (χ1v) is 12.1. The third kappa shape index (κ3) is 3.65. The topological polar surface area (TPSA) is 74.8 Å². The summed E-state index contributed by atoms with van der Waals surface area (Å²) in [5.41, 5.74) is 3.87. The van der Waals surface area contributed by atoms with Crippen molar-refractivity contribution >= 4 is 58.2 Å². The van der Waals surface area contributed by atoms with E-state index in [1.807, 2.05) is 24.3 Å². The molecule has 4 aromatic carbocycles. The van der Waals surface area contributed by atoms with Crippen molar-refractivity contribution in [2.45, 2.75) is 6.42 Å². The van der Waals surface area contributed by atoms with Crippen molar-refractivity contribution < 1.29 is 19.2 Å². The zero-order chi connectivity index (χ0) is 25.8. The van der Waals surface area contributed by atoms with Gasteiger partial charge in [-0.15, -0.1) is 0 Å². The van der Waals surface area contributed by atoms with Crippen LogP contribution in [0.25, 0.3) is 0 Å². The molecule has 0 bridgehead atoms. The highest BCUT2D eigenvalue weighted by atomic mass is 35.5. The van der Waals surface area contributed by atoms with Crippen molar-refractivity contribution in [2.24, 2.45) is 0 Å². The highest BCUT2D eigenvalue weighted by Crippen LogP contribution is 2.34. The largest absolute Gasteiger partial charge is 0.268 e. The van der Waals surface area contributed by atoms with Gasteiger partial charge in [0, 0.05) is 0 Å². The van der Waals surface area contributed by atoms with Crippen molar-refractivity contribution in [3.63, 3.8) is 0 Å². The number of fused-ring (bicyclic) bond motifs is 2. The average Bonchev–Trinajstić information content (AvgIpc) is 3.31. The van der Waals surface area contributed by atoms with Crippen LogP contribution >= 0.6 is 23.2 Å². The lowest BCUT2D eigenvalue weighted by atomic mass is 10.0. The molecule has 0 saturated heterocycles. The van der Waals surface area contributed by atoms with Gasteiger partial charge >= 0.3 is 0 Å². The third-order valence-electron chi connectivity index (χ3n) is 6.53. The van der Waals surface area contributed by atoms with E-state index in [4.69, 9.17) is 23.2 Å². The summed E-state index contributed by atoms with van der Waals surface area (Å²) in [6, 6.07) is 23.9. The molecule has 0 N–H and O–H groups in total. The lowest BCUT2D eigenvalue weighted by Gasteiger charge is -2.15. The molecule has 4 amide bonds. The minimum atomic E-state index is -0.441. The number of nitrogens with zero attached hydrogens (tertiary/aromatic N) is 2. The standard InChI is InChI=1S/C29H16Cl2N2O4/c30-22-5-1-3-20-24(22)28(36)32(26(20)34)18-11-7-16(8-12-18)15-17-9-13-19(14-10-17)33-27(35)21-4-2-6-23(31)25(21)29(33)37/h1-14H,15H2. The van der Waals surface area contributed by atoms with Gasteiger partial charge in [-0.25, -0.2) is 9.80 Å². The van der Waals surface area contributed by atoms with E-state index in [1.165, 1.54) is 0 Å². The van der Waals surface area contributed by atoms with E-state index >= 15 is 0 Å². The molecule has 2 heterocycles. The summed E-state index contributed by atoms with van der Waals surface area (Å²) in [5, 5.41) is 0.505. The van der Waals surface area contributed by atoms with Crippen LogP contribution in [0.2, 0.25) is 10.0 Å². The number of hydrogen-bond donors (Lipinski definition) is 0. The van der Waals surface area contributed by atoms with E-state index in [0.29, 0.717) is 28.9 Å². The molecule has 0 atom stereocenters. The maximum atomic E-state index is 12.8. The number of imide groups is 2. The number of rotatable bonds is 4. The van der Waals surface area contributed by atoms with Crippen LogP contribution in [0, 0.1) is 0 Å². The molecule has 0 saturated carbocycles. The van der Waals surface area contributed by atoms with Crippen LogP contribution in [0.1, 0.15) is 52.6 Å². The Balaban J connectivity index is 1.19. The Hall–Kier alpha value is -4.26. The molecule has 37 heavy (non-hydrogen) atoms. The second kappa shape index (κ2) is 8.69. The minimum Gasteiger partial charge on any atom is -0.268 e. The highest BCUT2D eigenvalue weighted by Gasteiger charge is 2.39. The van der Waals surface area contributed by atoms with E-state index in [-0.39, 0.29) is 21.2 Å². The van der Waals surface area contributed by atoms with E-state index in [1.54, 1.807) is 60.7 Å². The normalized spacial score (nSPS) is 14.4. The smallest absolute Gasteiger partial charge is 0.267 e. The van der Waals surface area contributed by atoms with E-state index in [2.05, 4.69) is 0 Å². The molecule has 0 spiro atoms. The van der Waals surface area contributed by atoms with E-state index < -0.39 is 23.6 Å². The molecule has 4 aromatic rings. The van der Waals surface area contributed by atoms with Crippen LogP contribution in [0.5, 0.6) is 0 Å². The quantitative estimate of drug-likeness (QED) is 0.297. The number of carbonyl (C=O) groups excluding carboxylic acids is 4. The predicted octanol–water partition coefficient (Wildman–Crippen LogP) is 6.19. The van der Waals surface area contributed by atoms with Crippen LogP contribution in [-0.2, 0) is 6.42 Å². The van der Waals surface area contributed by atoms with Crippen LogP contribution in [0.15, 0.2) is 84.9 Å². The zero-order valence-electron chi connectivity index (χ0n) is 19.1. The number of halogens is 2. The Morgan fingerprint density at radius 3 is 1.22 bits per heavy atom. The predicted molar refractivity (Wildman–Crippen MR) is 141 cm³/mol. The summed E-state index contributed by atoms with van der Waals surface area (Å²) >= 11 is 12.3. The number of anilines is 2. The van der Waals surface area contributed by atoms with Gasteiger partial charge < -0.3 is 0 Å². The Kier molecular flexibility index (Phi) is 5.44. The highest BCUT2D eigenvalue weighted by molar-refractivity contribution is 6.43. The SMILES string of the molecule is O=C1c2cccc(Cl)c2C(=O)N1c1ccc(Cc2ccc(N3C(=O)c4cccc(Cl)c4C3=O)cc2)cc1. The first kappa shape index (κ1) is 23.2. The lowest BCUT2D eigenvalue weighted by molar-refractivity contribution is 0.0910. The minimum absolute atomic E-state index is 0.221. The zero-order valence-corrected chi connectivity index (χ0v) is 20.6. The van der Waals surface area contributed by atoms with Crippen LogP contribution in [0.4, 0.5) is 11.4 Å². The summed E-state index contributed by atoms with van der Waals surface area (Å²) in [4.78, 5) is 53.5. The van der Waals surface area contributed by atoms with Crippen LogP contribution < -0.4 is 9.80 Å². The van der Waals surface area contributed by atoms with Gasteiger partial charge in [0.25, 0.3) is 23.6 Å². The van der Waals surface area contributed by atoms with Gasteiger partial charge in [-0.2, -0.15) is 0 Å². The summed E-state index contributed by atoms with van der Waals surface area (Å²) in [6.45, 7) is 0. The maximum Gasteiger partial charge on any atom is 0.267 e. The molecule has 0 unspecified atom stereocenters. The maximum absolute atomic E-state index is 12.8. The van der Waals surface area contributed by atoms with E-state index in [9.17, 15) is 19.2 Å². The summed E-state index contributed by atoms with van der Waals surface area (Å²) in [5.74, 6) is -1.69. The molecule has 0 aliphatic carbocycles. The first-order chi connectivity index (χ1) is 17.8. The molecular weight excluding hydrogens is 511 g/mol. The second-order valence-corrected chi connectivity index (χ2v) is 9.54. The first-order valence-electron chi connectivity index (χ1n) is 11.4. The van der Waals surface area contributed by atoms with Crippen molar-refractivity contribution in [2.75, 3.05) is 9.80 Å². The molecule has 0 aromatic heterocycles. The Bertz CT molecular complexity index is 1520. The van der Waals surface area contributed by atoms with Gasteiger partial charge in [0.1, 0.15) is 0 Å². The molecule has 2 aliphatic rings. The molecular formula is C29H16Cl2N2O4. The van der Waals surface area contributed by atoms with Crippen molar-refractivity contribution in [3.8, 4) is 0 Å². The fraction of sp³-hybridized carbons (Fsp3) is 0.0345. The molecule has 8 heteroatoms. The number of carbonyl (C=O) groups is 4. The molecule has 0 radical (unpaired) electrons. The van der Waals surface area contributed by atoms with Gasteiger partial charge in [-0.05, 0) is 66.1 Å². The molecule has 180 valence electrons. The van der Waals surface area contributed by atoms with Crippen molar-refractivity contribution in [3.05, 3.63) is 128 Å².